The van der Waals surface area contributed by atoms with Crippen molar-refractivity contribution >= 4 is 20.2 Å². The number of nitrogens with one attached hydrogen (secondary N) is 1. The molecule has 0 aliphatic heterocycles. The molecule has 0 aromatic rings. The van der Waals surface area contributed by atoms with Crippen LogP contribution in [0.15, 0.2) is 13.2 Å². The van der Waals surface area contributed by atoms with Gasteiger partial charge in [0, 0.05) is 6.10 Å². The molecule has 0 aliphatic carbocycles. The molecule has 0 aromatic heterocycles. The second kappa shape index (κ2) is 31.0. The van der Waals surface area contributed by atoms with Crippen molar-refractivity contribution in [2.75, 3.05) is 19.6 Å². The minimum Gasteiger partial charge on any atom is -0.677 e. The van der Waals surface area contributed by atoms with Crippen molar-refractivity contribution in [2.24, 2.45) is 0 Å². The molecule has 0 fully saturated rings. The summed E-state index contributed by atoms with van der Waals surface area (Å²) < 4.78 is 11.6. The number of carboxylic acids is 2. The average Bonchev–Trinajstić information content (AvgIpc) is 2.62. The molecule has 172 valence electrons. The molecule has 0 bridgehead atoms. The van der Waals surface area contributed by atoms with Gasteiger partial charge in [0.1, 0.15) is 0 Å². The van der Waals surface area contributed by atoms with Crippen LogP contribution in [0.5, 0.6) is 0 Å². The monoisotopic (exact) mass is 609 g/mol. The van der Waals surface area contributed by atoms with Crippen LogP contribution in [0.2, 0.25) is 0 Å². The van der Waals surface area contributed by atoms with E-state index in [2.05, 4.69) is 24.8 Å². The summed E-state index contributed by atoms with van der Waals surface area (Å²) >= 11 is 0. The molecule has 0 saturated heterocycles. The van der Waals surface area contributed by atoms with Gasteiger partial charge in [-0.15, -0.1) is 13.2 Å². The number of aliphatic carboxylic acids is 2. The fourth-order valence-electron chi connectivity index (χ4n) is 1.66. The number of hydrogen-bond acceptors (Lipinski definition) is 7. The van der Waals surface area contributed by atoms with E-state index in [1.54, 1.807) is 0 Å². The van der Waals surface area contributed by atoms with E-state index in [4.69, 9.17) is 30.7 Å². The Hall–Kier alpha value is -0.732. The number of carboxylic acid groups (broad SMARTS) is 2. The van der Waals surface area contributed by atoms with Gasteiger partial charge in [0.25, 0.3) is 0 Å². The van der Waals surface area contributed by atoms with Gasteiger partial charge in [-0.2, -0.15) is 13.0 Å². The van der Waals surface area contributed by atoms with Crippen molar-refractivity contribution in [3.05, 3.63) is 25.8 Å². The zero-order valence-corrected chi connectivity index (χ0v) is 19.6. The zero-order chi connectivity index (χ0) is 22.3. The molecule has 1 unspecified atom stereocenters. The summed E-state index contributed by atoms with van der Waals surface area (Å²) in [6.45, 7) is 15.0. The third-order valence-corrected chi connectivity index (χ3v) is 2.73. The topological polar surface area (TPSA) is 171 Å². The molecule has 0 spiro atoms. The normalized spacial score (nSPS) is 9.50. The number of rotatable bonds is 11. The average molecular weight is 610 g/mol. The second-order valence-electron chi connectivity index (χ2n) is 4.73. The minimum absolute atomic E-state index is 0. The summed E-state index contributed by atoms with van der Waals surface area (Å²) in [5.74, 6) is -2.58. The van der Waals surface area contributed by atoms with Crippen LogP contribution in [-0.4, -0.2) is 58.0 Å². The number of unbranched alkanes of at least 4 members (excludes halogenated alkanes) is 2. The van der Waals surface area contributed by atoms with E-state index in [9.17, 15) is 9.59 Å². The van der Waals surface area contributed by atoms with Crippen LogP contribution in [0.4, 0.5) is 0 Å². The summed E-state index contributed by atoms with van der Waals surface area (Å²) in [4.78, 5) is 31.8. The van der Waals surface area contributed by atoms with Crippen LogP contribution in [-0.2, 0) is 39.9 Å². The van der Waals surface area contributed by atoms with E-state index < -0.39 is 26.2 Å². The maximum Gasteiger partial charge on any atom is 2.00 e. The SMILES string of the molecule is C=C.CCCN(CCC)C(C(=O)O)C(=O)O.O=[P+]([O-])OO.[CH2-]CCCC[NH-].[HH].[Pt+2]. The molecular formula is C16H35N2O8PPt. The Morgan fingerprint density at radius 2 is 1.57 bits per heavy atom. The molecule has 0 heterocycles. The number of hydrogen-bond donors (Lipinski definition) is 3. The molecule has 12 heteroatoms. The van der Waals surface area contributed by atoms with E-state index in [-0.39, 0.29) is 22.5 Å². The van der Waals surface area contributed by atoms with Crippen molar-refractivity contribution in [3.8, 4) is 0 Å². The van der Waals surface area contributed by atoms with Gasteiger partial charge in [0.05, 0.1) is 0 Å². The standard InChI is InChI=1S/C9H17NO4.C5H11N.C2H4.HO4P.Pt.H2/c1-3-5-10(6-4-2)7(8(11)12)9(13)14;1-2-3-4-5-6;1-2;1-4-5(2)3;;/h7H,3-6H2,1-2H3,(H,11,12)(H,13,14);6H,1-5H2;1-2H2;1H;;1H/q;-2;;;+2;. The van der Waals surface area contributed by atoms with Crippen molar-refractivity contribution in [2.45, 2.75) is 52.0 Å². The smallest absolute Gasteiger partial charge is 0.677 e. The first-order valence-electron chi connectivity index (χ1n) is 8.32. The van der Waals surface area contributed by atoms with Gasteiger partial charge in [0.15, 0.2) is 0 Å². The van der Waals surface area contributed by atoms with Crippen LogP contribution in [0.25, 0.3) is 5.73 Å². The third kappa shape index (κ3) is 30.0. The van der Waals surface area contributed by atoms with Crippen molar-refractivity contribution in [3.63, 3.8) is 0 Å². The number of nitrogens with zero attached hydrogens (tertiary/aromatic N) is 1. The molecule has 0 saturated carbocycles. The molecule has 10 nitrogen and oxygen atoms in total. The van der Waals surface area contributed by atoms with Gasteiger partial charge < -0.3 is 27.8 Å². The first-order valence-corrected chi connectivity index (χ1v) is 9.42. The van der Waals surface area contributed by atoms with Gasteiger partial charge in [0.2, 0.25) is 6.04 Å². The molecule has 0 aromatic carbocycles. The molecular weight excluding hydrogens is 574 g/mol. The molecule has 4 N–H and O–H groups in total. The minimum atomic E-state index is -3.04. The summed E-state index contributed by atoms with van der Waals surface area (Å²) in [5, 5.41) is 24.5. The van der Waals surface area contributed by atoms with Gasteiger partial charge in [-0.3, -0.25) is 4.90 Å². The number of carbonyl (C=O) groups is 2. The third-order valence-electron chi connectivity index (χ3n) is 2.60. The van der Waals surface area contributed by atoms with Crippen LogP contribution in [0.3, 0.4) is 0 Å². The Kier molecular flexibility index (Phi) is 42.0. The van der Waals surface area contributed by atoms with Crippen molar-refractivity contribution < 1.29 is 61.7 Å². The Balaban J connectivity index is -0.0000000740. The fourth-order valence-corrected chi connectivity index (χ4v) is 1.66. The Morgan fingerprint density at radius 3 is 1.71 bits per heavy atom. The first kappa shape index (κ1) is 37.9. The molecule has 0 amide bonds. The van der Waals surface area contributed by atoms with E-state index in [1.165, 1.54) is 4.90 Å². The zero-order valence-electron chi connectivity index (χ0n) is 16.4. The summed E-state index contributed by atoms with van der Waals surface area (Å²) in [7, 11) is -3.04. The van der Waals surface area contributed by atoms with E-state index in [0.29, 0.717) is 19.6 Å². The van der Waals surface area contributed by atoms with E-state index in [0.717, 1.165) is 32.1 Å². The quantitative estimate of drug-likeness (QED) is 0.0605. The van der Waals surface area contributed by atoms with Gasteiger partial charge in [-0.25, -0.2) is 14.8 Å². The van der Waals surface area contributed by atoms with Gasteiger partial charge >= 0.3 is 41.3 Å². The predicted octanol–water partition coefficient (Wildman–Crippen LogP) is 3.23. The van der Waals surface area contributed by atoms with Crippen LogP contribution in [0.1, 0.15) is 47.4 Å². The summed E-state index contributed by atoms with van der Waals surface area (Å²) in [6, 6.07) is -1.41. The molecule has 0 rings (SSSR count). The largest absolute Gasteiger partial charge is 2.00 e. The Morgan fingerprint density at radius 1 is 1.21 bits per heavy atom. The summed E-state index contributed by atoms with van der Waals surface area (Å²) in [5.41, 5.74) is 6.68. The maximum atomic E-state index is 10.7. The van der Waals surface area contributed by atoms with Crippen molar-refractivity contribution in [1.82, 2.24) is 4.90 Å². The second-order valence-corrected chi connectivity index (χ2v) is 5.34. The first-order chi connectivity index (χ1) is 12.7. The van der Waals surface area contributed by atoms with Gasteiger partial charge in [-0.1, -0.05) is 26.7 Å². The van der Waals surface area contributed by atoms with Crippen LogP contribution < -0.4 is 4.89 Å². The summed E-state index contributed by atoms with van der Waals surface area (Å²) in [6.07, 6.45) is 4.61. The molecule has 1 atom stereocenters. The van der Waals surface area contributed by atoms with E-state index >= 15 is 0 Å². The van der Waals surface area contributed by atoms with E-state index in [1.807, 2.05) is 13.8 Å². The predicted molar refractivity (Wildman–Crippen MR) is 104 cm³/mol. The Bertz CT molecular complexity index is 361. The van der Waals surface area contributed by atoms with Crippen LogP contribution >= 0.6 is 8.25 Å². The molecule has 0 radical (unpaired) electrons. The molecule has 28 heavy (non-hydrogen) atoms. The van der Waals surface area contributed by atoms with Gasteiger partial charge in [-0.05, 0) is 30.5 Å². The van der Waals surface area contributed by atoms with Crippen molar-refractivity contribution in [1.29, 1.82) is 0 Å². The Labute approximate surface area is 184 Å². The fraction of sp³-hybridized carbons (Fsp3) is 0.688. The maximum absolute atomic E-state index is 10.7. The van der Waals surface area contributed by atoms with Crippen LogP contribution in [0, 0.1) is 6.92 Å². The molecule has 0 aliphatic rings.